The predicted octanol–water partition coefficient (Wildman–Crippen LogP) is 3.93. The van der Waals surface area contributed by atoms with E-state index in [9.17, 15) is 9.59 Å². The second kappa shape index (κ2) is 8.21. The van der Waals surface area contributed by atoms with Crippen LogP contribution in [-0.2, 0) is 16.0 Å². The van der Waals surface area contributed by atoms with Gasteiger partial charge in [-0.15, -0.1) is 11.8 Å². The molecule has 1 aliphatic carbocycles. The van der Waals surface area contributed by atoms with E-state index < -0.39 is 0 Å². The summed E-state index contributed by atoms with van der Waals surface area (Å²) >= 11 is 1.50. The average molecular weight is 354 g/mol. The van der Waals surface area contributed by atoms with Crippen molar-refractivity contribution in [1.29, 1.82) is 0 Å². The number of hydrogen-bond donors (Lipinski definition) is 2. The van der Waals surface area contributed by atoms with Crippen LogP contribution >= 0.6 is 11.8 Å². The van der Waals surface area contributed by atoms with Gasteiger partial charge in [-0.2, -0.15) is 0 Å². The zero-order valence-corrected chi connectivity index (χ0v) is 15.1. The molecule has 3 rings (SSSR count). The highest BCUT2D eigenvalue weighted by molar-refractivity contribution is 8.00. The summed E-state index contributed by atoms with van der Waals surface area (Å²) in [5, 5.41) is 5.90. The summed E-state index contributed by atoms with van der Waals surface area (Å²) in [5.41, 5.74) is 3.37. The van der Waals surface area contributed by atoms with Crippen LogP contribution in [0, 0.1) is 0 Å². The minimum atomic E-state index is -0.0902. The van der Waals surface area contributed by atoms with E-state index in [0.29, 0.717) is 5.75 Å². The zero-order valence-electron chi connectivity index (χ0n) is 14.2. The molecule has 0 heterocycles. The summed E-state index contributed by atoms with van der Waals surface area (Å²) in [4.78, 5) is 24.3. The van der Waals surface area contributed by atoms with Crippen molar-refractivity contribution in [2.45, 2.75) is 37.1 Å². The SMILES string of the molecule is CC(=O)Nc1ccc(SCC(=O)N[C@@H]2CCCc3ccccc32)cc1. The fourth-order valence-corrected chi connectivity index (χ4v) is 3.84. The van der Waals surface area contributed by atoms with Crippen LogP contribution in [0.5, 0.6) is 0 Å². The van der Waals surface area contributed by atoms with Crippen molar-refractivity contribution in [1.82, 2.24) is 5.32 Å². The molecule has 2 aromatic rings. The van der Waals surface area contributed by atoms with E-state index in [1.165, 1.54) is 29.8 Å². The smallest absolute Gasteiger partial charge is 0.230 e. The summed E-state index contributed by atoms with van der Waals surface area (Å²) in [6.45, 7) is 1.48. The third kappa shape index (κ3) is 4.86. The first-order valence-electron chi connectivity index (χ1n) is 8.49. The number of anilines is 1. The Hall–Kier alpha value is -2.27. The minimum Gasteiger partial charge on any atom is -0.349 e. The van der Waals surface area contributed by atoms with Crippen LogP contribution in [0.4, 0.5) is 5.69 Å². The Morgan fingerprint density at radius 2 is 1.88 bits per heavy atom. The summed E-state index contributed by atoms with van der Waals surface area (Å²) in [6, 6.07) is 16.0. The van der Waals surface area contributed by atoms with E-state index in [1.54, 1.807) is 0 Å². The Kier molecular flexibility index (Phi) is 5.76. The van der Waals surface area contributed by atoms with Gasteiger partial charge in [0.1, 0.15) is 0 Å². The number of amides is 2. The van der Waals surface area contributed by atoms with Gasteiger partial charge < -0.3 is 10.6 Å². The Morgan fingerprint density at radius 1 is 1.12 bits per heavy atom. The van der Waals surface area contributed by atoms with Crippen LogP contribution in [0.15, 0.2) is 53.4 Å². The van der Waals surface area contributed by atoms with Crippen molar-refractivity contribution in [3.8, 4) is 0 Å². The van der Waals surface area contributed by atoms with Gasteiger partial charge in [-0.1, -0.05) is 24.3 Å². The lowest BCUT2D eigenvalue weighted by Crippen LogP contribution is -2.32. The highest BCUT2D eigenvalue weighted by atomic mass is 32.2. The van der Waals surface area contributed by atoms with Crippen LogP contribution in [0.25, 0.3) is 0 Å². The molecule has 2 aromatic carbocycles. The lowest BCUT2D eigenvalue weighted by molar-refractivity contribution is -0.119. The van der Waals surface area contributed by atoms with E-state index in [2.05, 4.69) is 28.8 Å². The quantitative estimate of drug-likeness (QED) is 0.800. The van der Waals surface area contributed by atoms with Gasteiger partial charge >= 0.3 is 0 Å². The number of carbonyl (C=O) groups excluding carboxylic acids is 2. The molecule has 25 heavy (non-hydrogen) atoms. The van der Waals surface area contributed by atoms with E-state index in [4.69, 9.17) is 0 Å². The number of nitrogens with one attached hydrogen (secondary N) is 2. The number of carbonyl (C=O) groups is 2. The number of hydrogen-bond acceptors (Lipinski definition) is 3. The number of fused-ring (bicyclic) bond motifs is 1. The second-order valence-corrected chi connectivity index (χ2v) is 7.25. The molecule has 0 radical (unpaired) electrons. The summed E-state index contributed by atoms with van der Waals surface area (Å²) in [7, 11) is 0. The molecule has 0 saturated carbocycles. The van der Waals surface area contributed by atoms with Crippen LogP contribution in [0.1, 0.15) is 36.9 Å². The average Bonchev–Trinajstić information content (AvgIpc) is 2.61. The maximum Gasteiger partial charge on any atom is 0.230 e. The number of aryl methyl sites for hydroxylation is 1. The summed E-state index contributed by atoms with van der Waals surface area (Å²) < 4.78 is 0. The summed E-state index contributed by atoms with van der Waals surface area (Å²) in [6.07, 6.45) is 3.20. The molecule has 0 aromatic heterocycles. The van der Waals surface area contributed by atoms with E-state index in [1.807, 2.05) is 30.3 Å². The molecule has 0 aliphatic heterocycles. The van der Waals surface area contributed by atoms with Gasteiger partial charge in [0.2, 0.25) is 11.8 Å². The maximum absolute atomic E-state index is 12.3. The van der Waals surface area contributed by atoms with Crippen molar-refractivity contribution in [2.24, 2.45) is 0 Å². The molecule has 0 fully saturated rings. The lowest BCUT2D eigenvalue weighted by Gasteiger charge is -2.26. The fourth-order valence-electron chi connectivity index (χ4n) is 3.13. The molecule has 0 unspecified atom stereocenters. The molecular weight excluding hydrogens is 332 g/mol. The monoisotopic (exact) mass is 354 g/mol. The largest absolute Gasteiger partial charge is 0.349 e. The highest BCUT2D eigenvalue weighted by Crippen LogP contribution is 2.29. The molecule has 1 atom stereocenters. The van der Waals surface area contributed by atoms with E-state index in [0.717, 1.165) is 29.8 Å². The fraction of sp³-hybridized carbons (Fsp3) is 0.300. The topological polar surface area (TPSA) is 58.2 Å². The van der Waals surface area contributed by atoms with Crippen LogP contribution in [0.3, 0.4) is 0 Å². The van der Waals surface area contributed by atoms with Crippen molar-refractivity contribution >= 4 is 29.3 Å². The van der Waals surface area contributed by atoms with Crippen LogP contribution < -0.4 is 10.6 Å². The Morgan fingerprint density at radius 3 is 2.64 bits per heavy atom. The maximum atomic E-state index is 12.3. The second-order valence-electron chi connectivity index (χ2n) is 6.21. The number of thioether (sulfide) groups is 1. The lowest BCUT2D eigenvalue weighted by atomic mass is 9.88. The molecule has 0 spiro atoms. The van der Waals surface area contributed by atoms with Gasteiger partial charge in [0.05, 0.1) is 11.8 Å². The third-order valence-corrected chi connectivity index (χ3v) is 5.26. The number of rotatable bonds is 5. The molecule has 2 N–H and O–H groups in total. The van der Waals surface area contributed by atoms with Gasteiger partial charge in [-0.05, 0) is 54.7 Å². The van der Waals surface area contributed by atoms with Crippen LogP contribution in [-0.4, -0.2) is 17.6 Å². The van der Waals surface area contributed by atoms with E-state index in [-0.39, 0.29) is 17.9 Å². The van der Waals surface area contributed by atoms with Gasteiger partial charge in [0.15, 0.2) is 0 Å². The minimum absolute atomic E-state index is 0.0534. The Bertz CT molecular complexity index is 759. The molecule has 0 bridgehead atoms. The van der Waals surface area contributed by atoms with Crippen molar-refractivity contribution in [3.63, 3.8) is 0 Å². The van der Waals surface area contributed by atoms with Gasteiger partial charge in [0.25, 0.3) is 0 Å². The first kappa shape index (κ1) is 17.5. The molecule has 1 aliphatic rings. The molecule has 0 saturated heterocycles. The molecular formula is C20H22N2O2S. The molecule has 2 amide bonds. The van der Waals surface area contributed by atoms with Gasteiger partial charge in [-0.25, -0.2) is 0 Å². The zero-order chi connectivity index (χ0) is 17.6. The van der Waals surface area contributed by atoms with E-state index >= 15 is 0 Å². The predicted molar refractivity (Wildman–Crippen MR) is 102 cm³/mol. The molecule has 5 heteroatoms. The Labute approximate surface area is 152 Å². The first-order chi connectivity index (χ1) is 12.1. The number of benzene rings is 2. The highest BCUT2D eigenvalue weighted by Gasteiger charge is 2.21. The molecule has 130 valence electrons. The van der Waals surface area contributed by atoms with Crippen molar-refractivity contribution < 1.29 is 9.59 Å². The third-order valence-electron chi connectivity index (χ3n) is 4.25. The van der Waals surface area contributed by atoms with Gasteiger partial charge in [0, 0.05) is 17.5 Å². The Balaban J connectivity index is 1.53. The first-order valence-corrected chi connectivity index (χ1v) is 9.48. The standard InChI is InChI=1S/C20H22N2O2S/c1-14(23)21-16-9-11-17(12-10-16)25-13-20(24)22-19-8-4-6-15-5-2-3-7-18(15)19/h2-3,5,7,9-12,19H,4,6,8,13H2,1H3,(H,21,23)(H,22,24)/t19-/m1/s1. The van der Waals surface area contributed by atoms with Crippen molar-refractivity contribution in [3.05, 3.63) is 59.7 Å². The van der Waals surface area contributed by atoms with Crippen LogP contribution in [0.2, 0.25) is 0 Å². The normalized spacial score (nSPS) is 16.0. The summed E-state index contributed by atoms with van der Waals surface area (Å²) in [5.74, 6) is 0.350. The van der Waals surface area contributed by atoms with Gasteiger partial charge in [-0.3, -0.25) is 9.59 Å². The molecule has 4 nitrogen and oxygen atoms in total. The van der Waals surface area contributed by atoms with Crippen molar-refractivity contribution in [2.75, 3.05) is 11.1 Å².